The summed E-state index contributed by atoms with van der Waals surface area (Å²) < 4.78 is 0. The Bertz CT molecular complexity index is 555. The summed E-state index contributed by atoms with van der Waals surface area (Å²) in [5.74, 6) is 0.992. The molecule has 2 heterocycles. The van der Waals surface area contributed by atoms with Gasteiger partial charge in [-0.2, -0.15) is 0 Å². The van der Waals surface area contributed by atoms with Gasteiger partial charge in [-0.25, -0.2) is 4.98 Å². The van der Waals surface area contributed by atoms with Crippen LogP contribution in [0, 0.1) is 13.8 Å². The molecule has 3 nitrogen and oxygen atoms in total. The molecule has 0 bridgehead atoms. The number of aromatic nitrogens is 2. The maximum Gasteiger partial charge on any atom is 0.103 e. The number of anilines is 1. The van der Waals surface area contributed by atoms with Crippen LogP contribution in [0.2, 0.25) is 0 Å². The van der Waals surface area contributed by atoms with E-state index in [1.54, 1.807) is 0 Å². The smallest absolute Gasteiger partial charge is 0.103 e. The molecular formula is C15H21N3. The number of aromatic amines is 1. The second-order valence-corrected chi connectivity index (χ2v) is 4.53. The predicted octanol–water partition coefficient (Wildman–Crippen LogP) is 3.67. The molecule has 0 saturated heterocycles. The molecule has 1 aliphatic heterocycles. The Morgan fingerprint density at radius 1 is 1.22 bits per heavy atom. The van der Waals surface area contributed by atoms with Gasteiger partial charge in [0.25, 0.3) is 0 Å². The van der Waals surface area contributed by atoms with Crippen LogP contribution in [-0.4, -0.2) is 17.0 Å². The fraction of sp³-hybridized carbons (Fsp3) is 0.400. The van der Waals surface area contributed by atoms with Crippen LogP contribution >= 0.6 is 0 Å². The number of nitrogens with zero attached hydrogens (tertiary/aromatic N) is 2. The Balaban J connectivity index is 0.000000574. The monoisotopic (exact) mass is 243 g/mol. The van der Waals surface area contributed by atoms with E-state index < -0.39 is 0 Å². The van der Waals surface area contributed by atoms with Crippen LogP contribution in [0.1, 0.15) is 30.9 Å². The first kappa shape index (κ1) is 12.7. The molecule has 1 aromatic carbocycles. The van der Waals surface area contributed by atoms with Crippen molar-refractivity contribution in [2.24, 2.45) is 0 Å². The van der Waals surface area contributed by atoms with Gasteiger partial charge in [-0.1, -0.05) is 26.0 Å². The highest BCUT2D eigenvalue weighted by atomic mass is 15.1. The van der Waals surface area contributed by atoms with Crippen LogP contribution in [0.25, 0.3) is 11.3 Å². The maximum absolute atomic E-state index is 4.57. The first-order valence-electron chi connectivity index (χ1n) is 6.53. The summed E-state index contributed by atoms with van der Waals surface area (Å²) in [6.45, 7) is 9.04. The van der Waals surface area contributed by atoms with Crippen molar-refractivity contribution >= 4 is 5.69 Å². The molecule has 1 aromatic heterocycles. The zero-order chi connectivity index (χ0) is 13.3. The Labute approximate surface area is 109 Å². The molecule has 3 rings (SSSR count). The molecule has 1 N–H and O–H groups in total. The van der Waals surface area contributed by atoms with Crippen molar-refractivity contribution in [1.82, 2.24) is 9.97 Å². The van der Waals surface area contributed by atoms with Crippen molar-refractivity contribution in [1.29, 1.82) is 0 Å². The standard InChI is InChI=1S/C13H15N3.C2H6/c1-8-4-5-10-12(6-8)16(3)7-11-13(10)15-9(2)14-11;1-2/h4-6H,7H2,1-3H3,(H,14,15);1-2H3. The van der Waals surface area contributed by atoms with Crippen molar-refractivity contribution in [3.63, 3.8) is 0 Å². The van der Waals surface area contributed by atoms with Crippen LogP contribution in [0.4, 0.5) is 5.69 Å². The first-order chi connectivity index (χ1) is 8.65. The minimum absolute atomic E-state index is 0.909. The number of hydrogen-bond donors (Lipinski definition) is 1. The van der Waals surface area contributed by atoms with Crippen LogP contribution in [0.15, 0.2) is 18.2 Å². The SMILES string of the molecule is CC.Cc1ccc2c(c1)N(C)Cc1[nH]c(C)nc1-2. The van der Waals surface area contributed by atoms with E-state index in [-0.39, 0.29) is 0 Å². The molecule has 0 atom stereocenters. The van der Waals surface area contributed by atoms with Gasteiger partial charge >= 0.3 is 0 Å². The van der Waals surface area contributed by atoms with Crippen LogP contribution in [-0.2, 0) is 6.54 Å². The van der Waals surface area contributed by atoms with Crippen molar-refractivity contribution in [3.05, 3.63) is 35.3 Å². The van der Waals surface area contributed by atoms with E-state index in [1.807, 2.05) is 20.8 Å². The summed E-state index contributed by atoms with van der Waals surface area (Å²) in [6, 6.07) is 6.54. The highest BCUT2D eigenvalue weighted by molar-refractivity contribution is 5.81. The van der Waals surface area contributed by atoms with Crippen molar-refractivity contribution in [2.45, 2.75) is 34.2 Å². The highest BCUT2D eigenvalue weighted by Gasteiger charge is 2.22. The normalized spacial score (nSPS) is 12.4. The van der Waals surface area contributed by atoms with E-state index in [0.29, 0.717) is 0 Å². The van der Waals surface area contributed by atoms with E-state index >= 15 is 0 Å². The van der Waals surface area contributed by atoms with E-state index in [1.165, 1.54) is 22.5 Å². The lowest BCUT2D eigenvalue weighted by Gasteiger charge is -2.27. The van der Waals surface area contributed by atoms with E-state index in [2.05, 4.69) is 47.0 Å². The third-order valence-corrected chi connectivity index (χ3v) is 3.11. The lowest BCUT2D eigenvalue weighted by atomic mass is 10.0. The van der Waals surface area contributed by atoms with Crippen LogP contribution in [0.3, 0.4) is 0 Å². The summed E-state index contributed by atoms with van der Waals surface area (Å²) >= 11 is 0. The molecule has 2 aromatic rings. The second kappa shape index (κ2) is 4.84. The van der Waals surface area contributed by atoms with Crippen LogP contribution in [0.5, 0.6) is 0 Å². The number of imidazole rings is 1. The third kappa shape index (κ3) is 2.01. The Morgan fingerprint density at radius 2 is 1.94 bits per heavy atom. The molecular weight excluding hydrogens is 222 g/mol. The number of benzene rings is 1. The van der Waals surface area contributed by atoms with Crippen molar-refractivity contribution in [2.75, 3.05) is 11.9 Å². The molecule has 0 saturated carbocycles. The fourth-order valence-corrected chi connectivity index (χ4v) is 2.36. The van der Waals surface area contributed by atoms with Gasteiger partial charge in [0.05, 0.1) is 17.9 Å². The third-order valence-electron chi connectivity index (χ3n) is 3.11. The number of H-pyrrole nitrogens is 1. The van der Waals surface area contributed by atoms with E-state index in [0.717, 1.165) is 18.1 Å². The molecule has 0 spiro atoms. The Morgan fingerprint density at radius 3 is 2.67 bits per heavy atom. The number of hydrogen-bond acceptors (Lipinski definition) is 2. The fourth-order valence-electron chi connectivity index (χ4n) is 2.36. The van der Waals surface area contributed by atoms with Gasteiger partial charge in [0.15, 0.2) is 0 Å². The van der Waals surface area contributed by atoms with Crippen molar-refractivity contribution in [3.8, 4) is 11.3 Å². The summed E-state index contributed by atoms with van der Waals surface area (Å²) in [6.07, 6.45) is 0. The lowest BCUT2D eigenvalue weighted by Crippen LogP contribution is -2.21. The summed E-state index contributed by atoms with van der Waals surface area (Å²) in [5, 5.41) is 0. The average Bonchev–Trinajstić information content (AvgIpc) is 2.72. The molecule has 0 aliphatic carbocycles. The van der Waals surface area contributed by atoms with E-state index in [9.17, 15) is 0 Å². The number of fused-ring (bicyclic) bond motifs is 3. The van der Waals surface area contributed by atoms with Gasteiger partial charge in [0, 0.05) is 18.3 Å². The first-order valence-corrected chi connectivity index (χ1v) is 6.53. The Kier molecular flexibility index (Phi) is 3.41. The molecule has 0 radical (unpaired) electrons. The average molecular weight is 243 g/mol. The molecule has 3 heteroatoms. The zero-order valence-corrected chi connectivity index (χ0v) is 11.8. The minimum atomic E-state index is 0.909. The maximum atomic E-state index is 4.57. The number of nitrogens with one attached hydrogen (secondary N) is 1. The van der Waals surface area contributed by atoms with Gasteiger partial charge in [0.2, 0.25) is 0 Å². The number of aryl methyl sites for hydroxylation is 2. The summed E-state index contributed by atoms with van der Waals surface area (Å²) in [7, 11) is 2.12. The summed E-state index contributed by atoms with van der Waals surface area (Å²) in [5.41, 5.74) is 6.14. The van der Waals surface area contributed by atoms with Gasteiger partial charge < -0.3 is 9.88 Å². The van der Waals surface area contributed by atoms with Gasteiger partial charge in [-0.15, -0.1) is 0 Å². The quantitative estimate of drug-likeness (QED) is 0.765. The molecule has 0 unspecified atom stereocenters. The molecule has 0 fully saturated rings. The zero-order valence-electron chi connectivity index (χ0n) is 11.8. The minimum Gasteiger partial charge on any atom is -0.368 e. The number of rotatable bonds is 0. The lowest BCUT2D eigenvalue weighted by molar-refractivity contribution is 0.878. The topological polar surface area (TPSA) is 31.9 Å². The van der Waals surface area contributed by atoms with Gasteiger partial charge in [0.1, 0.15) is 5.82 Å². The molecule has 18 heavy (non-hydrogen) atoms. The van der Waals surface area contributed by atoms with Gasteiger partial charge in [-0.05, 0) is 25.5 Å². The Hall–Kier alpha value is -1.77. The summed E-state index contributed by atoms with van der Waals surface area (Å²) in [4.78, 5) is 10.2. The van der Waals surface area contributed by atoms with E-state index in [4.69, 9.17) is 0 Å². The molecule has 96 valence electrons. The van der Waals surface area contributed by atoms with Gasteiger partial charge in [-0.3, -0.25) is 0 Å². The predicted molar refractivity (Wildman–Crippen MR) is 77.0 cm³/mol. The molecule has 0 amide bonds. The second-order valence-electron chi connectivity index (χ2n) is 4.53. The van der Waals surface area contributed by atoms with Crippen LogP contribution < -0.4 is 4.90 Å². The largest absolute Gasteiger partial charge is 0.368 e. The highest BCUT2D eigenvalue weighted by Crippen LogP contribution is 2.37. The van der Waals surface area contributed by atoms with Crippen molar-refractivity contribution < 1.29 is 0 Å². The molecule has 1 aliphatic rings.